The summed E-state index contributed by atoms with van der Waals surface area (Å²) in [5, 5.41) is 1.03. The number of piperazine rings is 1. The molecule has 1 aromatic heterocycles. The number of rotatable bonds is 4. The lowest BCUT2D eigenvalue weighted by Crippen LogP contribution is -2.48. The van der Waals surface area contributed by atoms with Crippen molar-refractivity contribution in [1.82, 2.24) is 9.88 Å². The Hall–Kier alpha value is -1.94. The fourth-order valence-corrected chi connectivity index (χ4v) is 4.34. The topological polar surface area (TPSA) is 36.4 Å². The summed E-state index contributed by atoms with van der Waals surface area (Å²) in [6.45, 7) is 5.31. The van der Waals surface area contributed by atoms with E-state index in [4.69, 9.17) is 4.98 Å². The molecule has 0 atom stereocenters. The Kier molecular flexibility index (Phi) is 4.97. The summed E-state index contributed by atoms with van der Waals surface area (Å²) < 4.78 is 0. The van der Waals surface area contributed by atoms with Gasteiger partial charge in [-0.05, 0) is 30.9 Å². The van der Waals surface area contributed by atoms with E-state index >= 15 is 0 Å². The number of hydrogen-bond acceptors (Lipinski definition) is 4. The number of pyridine rings is 1. The van der Waals surface area contributed by atoms with Crippen LogP contribution in [0.2, 0.25) is 0 Å². The van der Waals surface area contributed by atoms with Crippen LogP contribution in [-0.2, 0) is 0 Å². The SMILES string of the molecule is O=Cc1cc2ccccc2nc1N1CCN(CC2CCCCC2)CC1. The molecule has 0 spiro atoms. The lowest BCUT2D eigenvalue weighted by atomic mass is 9.89. The Morgan fingerprint density at radius 1 is 1.04 bits per heavy atom. The van der Waals surface area contributed by atoms with Crippen LogP contribution in [0.5, 0.6) is 0 Å². The second-order valence-electron chi connectivity index (χ2n) is 7.50. The number of anilines is 1. The van der Waals surface area contributed by atoms with E-state index in [2.05, 4.69) is 9.80 Å². The maximum absolute atomic E-state index is 11.6. The van der Waals surface area contributed by atoms with E-state index in [0.29, 0.717) is 5.56 Å². The third-order valence-electron chi connectivity index (χ3n) is 5.77. The third kappa shape index (κ3) is 3.69. The lowest BCUT2D eigenvalue weighted by Gasteiger charge is -2.38. The van der Waals surface area contributed by atoms with Gasteiger partial charge >= 0.3 is 0 Å². The third-order valence-corrected chi connectivity index (χ3v) is 5.77. The minimum atomic E-state index is 0.708. The van der Waals surface area contributed by atoms with Crippen molar-refractivity contribution in [2.75, 3.05) is 37.6 Å². The number of carbonyl (C=O) groups excluding carboxylic acids is 1. The minimum Gasteiger partial charge on any atom is -0.353 e. The molecule has 2 fully saturated rings. The molecule has 4 heteroatoms. The average Bonchev–Trinajstić information content (AvgIpc) is 2.68. The number of benzene rings is 1. The first-order valence-corrected chi connectivity index (χ1v) is 9.66. The van der Waals surface area contributed by atoms with Gasteiger partial charge in [0.05, 0.1) is 11.1 Å². The summed E-state index contributed by atoms with van der Waals surface area (Å²) in [5.41, 5.74) is 1.67. The molecule has 1 aliphatic carbocycles. The van der Waals surface area contributed by atoms with Gasteiger partial charge in [-0.3, -0.25) is 9.69 Å². The van der Waals surface area contributed by atoms with Gasteiger partial charge < -0.3 is 4.90 Å². The van der Waals surface area contributed by atoms with Crippen molar-refractivity contribution >= 4 is 23.0 Å². The van der Waals surface area contributed by atoms with Crippen LogP contribution < -0.4 is 4.90 Å². The van der Waals surface area contributed by atoms with E-state index in [-0.39, 0.29) is 0 Å². The van der Waals surface area contributed by atoms with Crippen molar-refractivity contribution in [3.63, 3.8) is 0 Å². The van der Waals surface area contributed by atoms with Crippen molar-refractivity contribution in [2.24, 2.45) is 5.92 Å². The molecular formula is C21H27N3O. The minimum absolute atomic E-state index is 0.708. The highest BCUT2D eigenvalue weighted by atomic mass is 16.1. The number of carbonyl (C=O) groups is 1. The first kappa shape index (κ1) is 16.5. The van der Waals surface area contributed by atoms with Gasteiger partial charge in [0, 0.05) is 38.1 Å². The van der Waals surface area contributed by atoms with Crippen LogP contribution >= 0.6 is 0 Å². The zero-order valence-electron chi connectivity index (χ0n) is 14.9. The molecule has 4 rings (SSSR count). The van der Waals surface area contributed by atoms with Crippen molar-refractivity contribution in [3.05, 3.63) is 35.9 Å². The normalized spacial score (nSPS) is 20.1. The number of aldehydes is 1. The zero-order valence-corrected chi connectivity index (χ0v) is 14.9. The van der Waals surface area contributed by atoms with E-state index in [9.17, 15) is 4.79 Å². The van der Waals surface area contributed by atoms with Crippen LogP contribution in [0.15, 0.2) is 30.3 Å². The van der Waals surface area contributed by atoms with Crippen molar-refractivity contribution in [3.8, 4) is 0 Å². The molecule has 2 aromatic rings. The summed E-state index contributed by atoms with van der Waals surface area (Å²) in [5.74, 6) is 1.75. The predicted octanol–water partition coefficient (Wildman–Crippen LogP) is 3.75. The lowest BCUT2D eigenvalue weighted by molar-refractivity contribution is 0.112. The molecular weight excluding hydrogens is 310 g/mol. The molecule has 25 heavy (non-hydrogen) atoms. The Morgan fingerprint density at radius 2 is 1.80 bits per heavy atom. The molecule has 1 saturated carbocycles. The van der Waals surface area contributed by atoms with Gasteiger partial charge in [0.2, 0.25) is 0 Å². The van der Waals surface area contributed by atoms with E-state index < -0.39 is 0 Å². The first-order chi connectivity index (χ1) is 12.3. The molecule has 1 saturated heterocycles. The molecule has 0 N–H and O–H groups in total. The number of fused-ring (bicyclic) bond motifs is 1. The summed E-state index contributed by atoms with van der Waals surface area (Å²) in [7, 11) is 0. The first-order valence-electron chi connectivity index (χ1n) is 9.66. The maximum Gasteiger partial charge on any atom is 0.153 e. The van der Waals surface area contributed by atoms with Gasteiger partial charge in [-0.15, -0.1) is 0 Å². The monoisotopic (exact) mass is 337 g/mol. The van der Waals surface area contributed by atoms with Gasteiger partial charge in [0.1, 0.15) is 5.82 Å². The van der Waals surface area contributed by atoms with Gasteiger partial charge in [0.15, 0.2) is 6.29 Å². The number of nitrogens with zero attached hydrogens (tertiary/aromatic N) is 3. The number of aromatic nitrogens is 1. The molecule has 0 bridgehead atoms. The second kappa shape index (κ2) is 7.52. The summed E-state index contributed by atoms with van der Waals surface area (Å²) in [4.78, 5) is 21.2. The van der Waals surface area contributed by atoms with E-state index in [1.54, 1.807) is 0 Å². The average molecular weight is 337 g/mol. The Balaban J connectivity index is 1.45. The van der Waals surface area contributed by atoms with Crippen molar-refractivity contribution < 1.29 is 4.79 Å². The van der Waals surface area contributed by atoms with Crippen LogP contribution in [0.1, 0.15) is 42.5 Å². The molecule has 4 nitrogen and oxygen atoms in total. The van der Waals surface area contributed by atoms with E-state index in [1.165, 1.54) is 38.6 Å². The molecule has 1 aromatic carbocycles. The van der Waals surface area contributed by atoms with Crippen molar-refractivity contribution in [1.29, 1.82) is 0 Å². The molecule has 2 aliphatic rings. The summed E-state index contributed by atoms with van der Waals surface area (Å²) in [6.07, 6.45) is 8.00. The second-order valence-corrected chi connectivity index (χ2v) is 7.50. The highest BCUT2D eigenvalue weighted by Gasteiger charge is 2.23. The Bertz CT molecular complexity index is 731. The highest BCUT2D eigenvalue weighted by Crippen LogP contribution is 2.26. The molecule has 0 unspecified atom stereocenters. The van der Waals surface area contributed by atoms with Crippen LogP contribution in [0, 0.1) is 5.92 Å². The largest absolute Gasteiger partial charge is 0.353 e. The summed E-state index contributed by atoms with van der Waals surface area (Å²) in [6, 6.07) is 10.00. The van der Waals surface area contributed by atoms with Gasteiger partial charge in [-0.25, -0.2) is 4.98 Å². The molecule has 2 heterocycles. The van der Waals surface area contributed by atoms with Crippen LogP contribution in [0.3, 0.4) is 0 Å². The molecule has 132 valence electrons. The van der Waals surface area contributed by atoms with Crippen LogP contribution in [0.25, 0.3) is 10.9 Å². The Morgan fingerprint density at radius 3 is 2.56 bits per heavy atom. The molecule has 0 radical (unpaired) electrons. The van der Waals surface area contributed by atoms with Crippen LogP contribution in [0.4, 0.5) is 5.82 Å². The molecule has 0 amide bonds. The van der Waals surface area contributed by atoms with E-state index in [1.807, 2.05) is 30.3 Å². The zero-order chi connectivity index (χ0) is 17.1. The fraction of sp³-hybridized carbons (Fsp3) is 0.524. The number of hydrogen-bond donors (Lipinski definition) is 0. The van der Waals surface area contributed by atoms with Crippen molar-refractivity contribution in [2.45, 2.75) is 32.1 Å². The Labute approximate surface area is 149 Å². The standard InChI is InChI=1S/C21H27N3O/c25-16-19-14-18-8-4-5-9-20(18)22-21(19)24-12-10-23(11-13-24)15-17-6-2-1-3-7-17/h4-5,8-9,14,16-17H,1-3,6-7,10-13,15H2. The molecule has 1 aliphatic heterocycles. The van der Waals surface area contributed by atoms with Crippen LogP contribution in [-0.4, -0.2) is 48.9 Å². The fourth-order valence-electron chi connectivity index (χ4n) is 4.34. The van der Waals surface area contributed by atoms with Gasteiger partial charge in [0.25, 0.3) is 0 Å². The van der Waals surface area contributed by atoms with Gasteiger partial charge in [-0.2, -0.15) is 0 Å². The van der Waals surface area contributed by atoms with Gasteiger partial charge in [-0.1, -0.05) is 37.5 Å². The predicted molar refractivity (Wildman–Crippen MR) is 102 cm³/mol. The van der Waals surface area contributed by atoms with E-state index in [0.717, 1.165) is 55.1 Å². The number of para-hydroxylation sites is 1. The quantitative estimate of drug-likeness (QED) is 0.796. The smallest absolute Gasteiger partial charge is 0.153 e. The maximum atomic E-state index is 11.6. The highest BCUT2D eigenvalue weighted by molar-refractivity contribution is 5.91. The summed E-state index contributed by atoms with van der Waals surface area (Å²) >= 11 is 0.